The lowest BCUT2D eigenvalue weighted by Crippen LogP contribution is -2.52. The summed E-state index contributed by atoms with van der Waals surface area (Å²) in [6.45, 7) is 9.79. The zero-order chi connectivity index (χ0) is 27.5. The predicted molar refractivity (Wildman–Crippen MR) is 153 cm³/mol. The van der Waals surface area contributed by atoms with E-state index in [1.807, 2.05) is 36.8 Å². The summed E-state index contributed by atoms with van der Waals surface area (Å²) in [6.07, 6.45) is 12.7. The summed E-state index contributed by atoms with van der Waals surface area (Å²) in [6, 6.07) is 4.28. The third-order valence-corrected chi connectivity index (χ3v) is 8.91. The van der Waals surface area contributed by atoms with E-state index in [1.54, 1.807) is 23.1 Å². The van der Waals surface area contributed by atoms with Crippen LogP contribution in [0.5, 0.6) is 6.01 Å². The van der Waals surface area contributed by atoms with Crippen LogP contribution in [-0.2, 0) is 15.9 Å². The number of aromatic nitrogens is 5. The smallest absolute Gasteiger partial charge is 0.320 e. The minimum atomic E-state index is -0.295. The number of hydrogen-bond acceptors (Lipinski definition) is 9. The molecule has 1 saturated heterocycles. The van der Waals surface area contributed by atoms with E-state index in [2.05, 4.69) is 43.2 Å². The maximum Gasteiger partial charge on any atom is 0.320 e. The highest BCUT2D eigenvalue weighted by atomic mass is 32.1. The van der Waals surface area contributed by atoms with Crippen LogP contribution >= 0.6 is 11.3 Å². The molecule has 1 unspecified atom stereocenters. The number of ether oxygens (including phenoxy) is 3. The van der Waals surface area contributed by atoms with Crippen molar-refractivity contribution in [1.29, 1.82) is 0 Å². The van der Waals surface area contributed by atoms with Gasteiger partial charge in [0.2, 0.25) is 0 Å². The number of rotatable bonds is 11. The lowest BCUT2D eigenvalue weighted by Gasteiger charge is -2.40. The number of anilines is 1. The van der Waals surface area contributed by atoms with Gasteiger partial charge in [0.15, 0.2) is 5.82 Å². The van der Waals surface area contributed by atoms with E-state index in [0.717, 1.165) is 49.3 Å². The fourth-order valence-corrected chi connectivity index (χ4v) is 6.09. The van der Waals surface area contributed by atoms with E-state index >= 15 is 0 Å². The Balaban J connectivity index is 1.42. The third kappa shape index (κ3) is 5.86. The van der Waals surface area contributed by atoms with Crippen molar-refractivity contribution in [1.82, 2.24) is 24.7 Å². The Hall–Kier alpha value is -3.24. The number of nitrogens with one attached hydrogen (secondary N) is 1. The monoisotopic (exact) mass is 550 g/mol. The summed E-state index contributed by atoms with van der Waals surface area (Å²) < 4.78 is 19.6. The molecule has 3 aromatic heterocycles. The molecule has 9 nitrogen and oxygen atoms in total. The Bertz CT molecular complexity index is 1350. The van der Waals surface area contributed by atoms with Crippen molar-refractivity contribution >= 4 is 17.2 Å². The first-order chi connectivity index (χ1) is 18.8. The largest absolute Gasteiger partial charge is 0.497 e. The predicted octanol–water partition coefficient (Wildman–Crippen LogP) is 5.77. The Labute approximate surface area is 234 Å². The molecule has 0 bridgehead atoms. The standard InChI is InChI=1S/C29H38N6O3S/c1-6-12-29(4)28(3,13-16-38-29)33-25-18-26(32-27(31-25)37-15-11-24-20(2)30-19-39-24)35-14-10-23(34-35)21-8-7-9-22(17-21)36-5/h7,9-10,14,17-19,21H,6,8,11-13,15-16H2,1-5H3,(H,31,32,33)/t21?,28-,29-/m1/s1. The number of nitrogens with zero attached hydrogens (tertiary/aromatic N) is 5. The summed E-state index contributed by atoms with van der Waals surface area (Å²) >= 11 is 1.64. The minimum absolute atomic E-state index is 0.147. The van der Waals surface area contributed by atoms with Gasteiger partial charge in [0.1, 0.15) is 11.6 Å². The van der Waals surface area contributed by atoms with Crippen LogP contribution in [0.3, 0.4) is 0 Å². The molecule has 3 atom stereocenters. The first-order valence-electron chi connectivity index (χ1n) is 13.6. The molecule has 3 aromatic rings. The normalized spacial score (nSPS) is 24.5. The quantitative estimate of drug-likeness (QED) is 0.321. The lowest BCUT2D eigenvalue weighted by molar-refractivity contribution is -0.0134. The second kappa shape index (κ2) is 11.5. The van der Waals surface area contributed by atoms with E-state index in [1.165, 1.54) is 4.88 Å². The van der Waals surface area contributed by atoms with Crippen LogP contribution in [0, 0.1) is 6.92 Å². The molecule has 0 amide bonds. The Morgan fingerprint density at radius 2 is 2.15 bits per heavy atom. The topological polar surface area (TPSA) is 96.2 Å². The van der Waals surface area contributed by atoms with E-state index < -0.39 is 0 Å². The molecule has 10 heteroatoms. The van der Waals surface area contributed by atoms with Gasteiger partial charge in [-0.15, -0.1) is 11.3 Å². The van der Waals surface area contributed by atoms with Gasteiger partial charge in [0.05, 0.1) is 41.8 Å². The minimum Gasteiger partial charge on any atom is -0.497 e. The third-order valence-electron chi connectivity index (χ3n) is 7.92. The van der Waals surface area contributed by atoms with Gasteiger partial charge in [-0.2, -0.15) is 15.1 Å². The van der Waals surface area contributed by atoms with Crippen LogP contribution < -0.4 is 10.1 Å². The molecule has 1 N–H and O–H groups in total. The lowest BCUT2D eigenvalue weighted by atomic mass is 9.79. The molecule has 0 saturated carbocycles. The summed E-state index contributed by atoms with van der Waals surface area (Å²) in [5, 5.41) is 8.57. The molecule has 5 rings (SSSR count). The van der Waals surface area contributed by atoms with Gasteiger partial charge in [-0.25, -0.2) is 9.67 Å². The van der Waals surface area contributed by atoms with Gasteiger partial charge >= 0.3 is 6.01 Å². The van der Waals surface area contributed by atoms with Crippen molar-refractivity contribution in [2.24, 2.45) is 0 Å². The fourth-order valence-electron chi connectivity index (χ4n) is 5.32. The molecule has 1 fully saturated rings. The number of thiazole rings is 1. The summed E-state index contributed by atoms with van der Waals surface area (Å²) in [5.41, 5.74) is 3.28. The first-order valence-corrected chi connectivity index (χ1v) is 14.5. The molecule has 208 valence electrons. The highest BCUT2D eigenvalue weighted by molar-refractivity contribution is 7.09. The molecule has 39 heavy (non-hydrogen) atoms. The van der Waals surface area contributed by atoms with Crippen molar-refractivity contribution in [2.75, 3.05) is 25.6 Å². The van der Waals surface area contributed by atoms with Gasteiger partial charge in [0, 0.05) is 36.1 Å². The second-order valence-electron chi connectivity index (χ2n) is 10.6. The molecule has 2 aliphatic rings. The van der Waals surface area contributed by atoms with E-state index in [4.69, 9.17) is 29.3 Å². The number of methoxy groups -OCH3 is 1. The second-order valence-corrected chi connectivity index (χ2v) is 11.5. The molecular weight excluding hydrogens is 512 g/mol. The van der Waals surface area contributed by atoms with Gasteiger partial charge in [-0.1, -0.05) is 19.4 Å². The van der Waals surface area contributed by atoms with Crippen molar-refractivity contribution in [3.63, 3.8) is 0 Å². The summed E-state index contributed by atoms with van der Waals surface area (Å²) in [5.74, 6) is 2.33. The van der Waals surface area contributed by atoms with Crippen molar-refractivity contribution in [3.8, 4) is 11.8 Å². The molecular formula is C29H38N6O3S. The van der Waals surface area contributed by atoms with Crippen molar-refractivity contribution in [2.45, 2.75) is 76.9 Å². The Morgan fingerprint density at radius 3 is 2.92 bits per heavy atom. The van der Waals surface area contributed by atoms with Gasteiger partial charge in [0.25, 0.3) is 0 Å². The Morgan fingerprint density at radius 1 is 1.28 bits per heavy atom. The van der Waals surface area contributed by atoms with Gasteiger partial charge < -0.3 is 19.5 Å². The highest BCUT2D eigenvalue weighted by Gasteiger charge is 2.49. The maximum absolute atomic E-state index is 6.24. The molecule has 0 aromatic carbocycles. The van der Waals surface area contributed by atoms with Crippen molar-refractivity contribution in [3.05, 3.63) is 64.1 Å². The first kappa shape index (κ1) is 27.3. The Kier molecular flexibility index (Phi) is 8.04. The van der Waals surface area contributed by atoms with Crippen LogP contribution in [0.1, 0.15) is 68.6 Å². The average Bonchev–Trinajstić information content (AvgIpc) is 3.64. The van der Waals surface area contributed by atoms with Crippen LogP contribution in [0.25, 0.3) is 5.82 Å². The van der Waals surface area contributed by atoms with E-state index in [9.17, 15) is 0 Å². The van der Waals surface area contributed by atoms with Gasteiger partial charge in [-0.05, 0) is 58.3 Å². The van der Waals surface area contributed by atoms with Crippen LogP contribution in [0.2, 0.25) is 0 Å². The summed E-state index contributed by atoms with van der Waals surface area (Å²) in [4.78, 5) is 15.0. The summed E-state index contributed by atoms with van der Waals surface area (Å²) in [7, 11) is 1.69. The zero-order valence-electron chi connectivity index (χ0n) is 23.4. The number of hydrogen-bond donors (Lipinski definition) is 1. The van der Waals surface area contributed by atoms with Crippen molar-refractivity contribution < 1.29 is 14.2 Å². The molecule has 0 spiro atoms. The SMILES string of the molecule is CCC[C@@]1(C)OCC[C@@]1(C)Nc1cc(-n2ccc(C3C=C(OC)C=CC3)n2)nc(OCCc2scnc2C)n1. The van der Waals surface area contributed by atoms with E-state index in [-0.39, 0.29) is 17.1 Å². The maximum atomic E-state index is 6.24. The molecule has 0 radical (unpaired) electrons. The fraction of sp³-hybridized carbons (Fsp3) is 0.517. The van der Waals surface area contributed by atoms with Gasteiger partial charge in [-0.3, -0.25) is 0 Å². The van der Waals surface area contributed by atoms with Crippen LogP contribution in [-0.4, -0.2) is 56.2 Å². The van der Waals surface area contributed by atoms with Crippen LogP contribution in [0.15, 0.2) is 47.8 Å². The zero-order valence-corrected chi connectivity index (χ0v) is 24.3. The molecule has 1 aliphatic heterocycles. The highest BCUT2D eigenvalue weighted by Crippen LogP contribution is 2.41. The number of allylic oxidation sites excluding steroid dienone is 3. The van der Waals surface area contributed by atoms with E-state index in [0.29, 0.717) is 30.9 Å². The molecule has 1 aliphatic carbocycles. The average molecular weight is 551 g/mol. The van der Waals surface area contributed by atoms with Crippen LogP contribution in [0.4, 0.5) is 5.82 Å². The molecule has 4 heterocycles. The number of aryl methyl sites for hydroxylation is 1.